The molecule has 0 saturated heterocycles. The number of amides is 1. The van der Waals surface area contributed by atoms with Gasteiger partial charge in [-0.3, -0.25) is 4.79 Å². The summed E-state index contributed by atoms with van der Waals surface area (Å²) in [6.07, 6.45) is 2.30. The van der Waals surface area contributed by atoms with Gasteiger partial charge in [0.05, 0.1) is 7.05 Å². The summed E-state index contributed by atoms with van der Waals surface area (Å²) in [5.41, 5.74) is 2.62. The summed E-state index contributed by atoms with van der Waals surface area (Å²) < 4.78 is 0. The highest BCUT2D eigenvalue weighted by Crippen LogP contribution is 2.18. The Morgan fingerprint density at radius 1 is 1.44 bits per heavy atom. The Labute approximate surface area is 109 Å². The van der Waals surface area contributed by atoms with Crippen LogP contribution in [0.5, 0.6) is 0 Å². The van der Waals surface area contributed by atoms with Crippen molar-refractivity contribution in [2.24, 2.45) is 0 Å². The first-order valence-electron chi connectivity index (χ1n) is 6.75. The lowest BCUT2D eigenvalue weighted by Crippen LogP contribution is -3.12. The van der Waals surface area contributed by atoms with E-state index >= 15 is 0 Å². The first kappa shape index (κ1) is 13.1. The topological polar surface area (TPSA) is 33.5 Å². The smallest absolute Gasteiger partial charge is 0.278 e. The van der Waals surface area contributed by atoms with Crippen molar-refractivity contribution in [3.05, 3.63) is 35.4 Å². The average molecular weight is 247 g/mol. The number of likely N-dealkylation sites (N-methyl/N-ethyl adjacent to an activating group) is 1. The predicted octanol–water partition coefficient (Wildman–Crippen LogP) is 0.677. The van der Waals surface area contributed by atoms with Gasteiger partial charge >= 0.3 is 0 Å². The second-order valence-electron chi connectivity index (χ2n) is 5.45. The molecule has 0 spiro atoms. The second kappa shape index (κ2) is 5.53. The summed E-state index contributed by atoms with van der Waals surface area (Å²) in [4.78, 5) is 13.2. The van der Waals surface area contributed by atoms with E-state index in [-0.39, 0.29) is 11.9 Å². The number of carbonyl (C=O) groups excluding carboxylic acids is 1. The van der Waals surface area contributed by atoms with Gasteiger partial charge in [-0.15, -0.1) is 0 Å². The van der Waals surface area contributed by atoms with E-state index in [1.54, 1.807) is 0 Å². The van der Waals surface area contributed by atoms with E-state index in [0.29, 0.717) is 6.04 Å². The SMILES string of the molecule is Cc1ccccc1C[NH+](C)[C@H](C)C(=O)NC1CC1. The molecule has 1 saturated carbocycles. The highest BCUT2D eigenvalue weighted by molar-refractivity contribution is 5.80. The van der Waals surface area contributed by atoms with Crippen LogP contribution in [0.3, 0.4) is 0 Å². The van der Waals surface area contributed by atoms with Crippen molar-refractivity contribution in [3.63, 3.8) is 0 Å². The van der Waals surface area contributed by atoms with Crippen molar-refractivity contribution in [3.8, 4) is 0 Å². The van der Waals surface area contributed by atoms with Gasteiger partial charge in [0.2, 0.25) is 0 Å². The standard InChI is InChI=1S/C15H22N2O/c1-11-6-4-5-7-13(11)10-17(3)12(2)15(18)16-14-8-9-14/h4-7,12,14H,8-10H2,1-3H3,(H,16,18)/p+1/t12-/m1/s1. The zero-order valence-electron chi connectivity index (χ0n) is 11.5. The van der Waals surface area contributed by atoms with Gasteiger partial charge in [0.25, 0.3) is 5.91 Å². The minimum Gasteiger partial charge on any atom is -0.348 e. The first-order chi connectivity index (χ1) is 8.58. The normalized spacial score (nSPS) is 18.2. The van der Waals surface area contributed by atoms with Crippen LogP contribution in [-0.2, 0) is 11.3 Å². The van der Waals surface area contributed by atoms with E-state index in [1.807, 2.05) is 6.92 Å². The number of aryl methyl sites for hydroxylation is 1. The van der Waals surface area contributed by atoms with Crippen LogP contribution < -0.4 is 10.2 Å². The Morgan fingerprint density at radius 3 is 2.72 bits per heavy atom. The molecule has 18 heavy (non-hydrogen) atoms. The van der Waals surface area contributed by atoms with Crippen LogP contribution in [0.15, 0.2) is 24.3 Å². The van der Waals surface area contributed by atoms with Crippen molar-refractivity contribution in [1.82, 2.24) is 5.32 Å². The number of hydrogen-bond acceptors (Lipinski definition) is 1. The minimum atomic E-state index is 0.00482. The van der Waals surface area contributed by atoms with Gasteiger partial charge in [-0.05, 0) is 32.3 Å². The molecule has 1 unspecified atom stereocenters. The third-order valence-corrected chi connectivity index (χ3v) is 3.79. The summed E-state index contributed by atoms with van der Waals surface area (Å²) >= 11 is 0. The molecule has 3 heteroatoms. The van der Waals surface area contributed by atoms with Crippen LogP contribution in [0.4, 0.5) is 0 Å². The maximum Gasteiger partial charge on any atom is 0.278 e. The lowest BCUT2D eigenvalue weighted by atomic mass is 10.1. The summed E-state index contributed by atoms with van der Waals surface area (Å²) in [5, 5.41) is 3.08. The molecule has 2 N–H and O–H groups in total. The second-order valence-corrected chi connectivity index (χ2v) is 5.45. The van der Waals surface area contributed by atoms with Crippen molar-refractivity contribution in [1.29, 1.82) is 0 Å². The van der Waals surface area contributed by atoms with Gasteiger partial charge < -0.3 is 10.2 Å². The molecule has 1 aromatic rings. The average Bonchev–Trinajstić information content (AvgIpc) is 3.15. The number of hydrogen-bond donors (Lipinski definition) is 2. The molecule has 2 rings (SSSR count). The highest BCUT2D eigenvalue weighted by atomic mass is 16.2. The van der Waals surface area contributed by atoms with Gasteiger partial charge in [0.15, 0.2) is 6.04 Å². The molecule has 3 nitrogen and oxygen atoms in total. The summed E-state index contributed by atoms with van der Waals surface area (Å²) in [5.74, 6) is 0.184. The van der Waals surface area contributed by atoms with Crippen LogP contribution in [0, 0.1) is 6.92 Å². The third kappa shape index (κ3) is 3.33. The molecule has 1 amide bonds. The van der Waals surface area contributed by atoms with Crippen LogP contribution in [0.25, 0.3) is 0 Å². The van der Waals surface area contributed by atoms with Crippen molar-refractivity contribution >= 4 is 5.91 Å². The van der Waals surface area contributed by atoms with E-state index < -0.39 is 0 Å². The van der Waals surface area contributed by atoms with Gasteiger partial charge in [-0.25, -0.2) is 0 Å². The Hall–Kier alpha value is -1.35. The maximum atomic E-state index is 12.0. The predicted molar refractivity (Wildman–Crippen MR) is 72.4 cm³/mol. The van der Waals surface area contributed by atoms with Gasteiger partial charge in [0, 0.05) is 11.6 Å². The van der Waals surface area contributed by atoms with Gasteiger partial charge in [-0.2, -0.15) is 0 Å². The van der Waals surface area contributed by atoms with E-state index in [1.165, 1.54) is 16.0 Å². The largest absolute Gasteiger partial charge is 0.348 e. The summed E-state index contributed by atoms with van der Waals surface area (Å²) in [6, 6.07) is 8.83. The molecule has 0 heterocycles. The van der Waals surface area contributed by atoms with Gasteiger partial charge in [-0.1, -0.05) is 24.3 Å². The number of nitrogens with one attached hydrogen (secondary N) is 2. The summed E-state index contributed by atoms with van der Waals surface area (Å²) in [7, 11) is 2.09. The lowest BCUT2D eigenvalue weighted by molar-refractivity contribution is -0.908. The Kier molecular flexibility index (Phi) is 4.02. The van der Waals surface area contributed by atoms with Crippen molar-refractivity contribution in [2.75, 3.05) is 7.05 Å². The molecule has 1 fully saturated rings. The van der Waals surface area contributed by atoms with Crippen LogP contribution in [-0.4, -0.2) is 25.0 Å². The molecule has 1 aliphatic carbocycles. The van der Waals surface area contributed by atoms with E-state index in [2.05, 4.69) is 43.6 Å². The zero-order valence-corrected chi connectivity index (χ0v) is 11.5. The monoisotopic (exact) mass is 247 g/mol. The van der Waals surface area contributed by atoms with Crippen molar-refractivity contribution < 1.29 is 9.69 Å². The van der Waals surface area contributed by atoms with Crippen LogP contribution >= 0.6 is 0 Å². The molecule has 1 aromatic carbocycles. The van der Waals surface area contributed by atoms with Gasteiger partial charge in [0.1, 0.15) is 6.54 Å². The Balaban J connectivity index is 1.92. The minimum absolute atomic E-state index is 0.00482. The molecular weight excluding hydrogens is 224 g/mol. The molecule has 0 aliphatic heterocycles. The van der Waals surface area contributed by atoms with E-state index in [0.717, 1.165) is 19.4 Å². The zero-order chi connectivity index (χ0) is 13.1. The number of rotatable bonds is 5. The number of carbonyl (C=O) groups is 1. The highest BCUT2D eigenvalue weighted by Gasteiger charge is 2.29. The fourth-order valence-corrected chi connectivity index (χ4v) is 2.04. The molecular formula is C15H23N2O+. The first-order valence-corrected chi connectivity index (χ1v) is 6.75. The molecule has 2 atom stereocenters. The number of quaternary nitrogens is 1. The quantitative estimate of drug-likeness (QED) is 0.788. The Bertz CT molecular complexity index is 426. The van der Waals surface area contributed by atoms with Crippen LogP contribution in [0.1, 0.15) is 30.9 Å². The maximum absolute atomic E-state index is 12.0. The molecule has 0 radical (unpaired) electrons. The number of benzene rings is 1. The Morgan fingerprint density at radius 2 is 2.11 bits per heavy atom. The lowest BCUT2D eigenvalue weighted by Gasteiger charge is -2.21. The molecule has 98 valence electrons. The summed E-state index contributed by atoms with van der Waals surface area (Å²) in [6.45, 7) is 5.02. The van der Waals surface area contributed by atoms with E-state index in [9.17, 15) is 4.79 Å². The van der Waals surface area contributed by atoms with E-state index in [4.69, 9.17) is 0 Å². The van der Waals surface area contributed by atoms with Crippen LogP contribution in [0.2, 0.25) is 0 Å². The fourth-order valence-electron chi connectivity index (χ4n) is 2.04. The fraction of sp³-hybridized carbons (Fsp3) is 0.533. The molecule has 1 aliphatic rings. The molecule has 0 bridgehead atoms. The molecule has 0 aromatic heterocycles. The third-order valence-electron chi connectivity index (χ3n) is 3.79. The van der Waals surface area contributed by atoms with Crippen molar-refractivity contribution in [2.45, 2.75) is 45.3 Å².